The summed E-state index contributed by atoms with van der Waals surface area (Å²) in [6, 6.07) is 4.90. The van der Waals surface area contributed by atoms with Gasteiger partial charge in [0.05, 0.1) is 10.6 Å². The van der Waals surface area contributed by atoms with E-state index >= 15 is 0 Å². The van der Waals surface area contributed by atoms with Gasteiger partial charge in [0.1, 0.15) is 0 Å². The van der Waals surface area contributed by atoms with Crippen LogP contribution in [0.1, 0.15) is 25.7 Å². The number of carbonyl (C=O) groups is 1. The predicted octanol–water partition coefficient (Wildman–Crippen LogP) is 3.28. The number of aliphatic carboxylic acids is 1. The number of carboxylic acid groups (broad SMARTS) is 1. The summed E-state index contributed by atoms with van der Waals surface area (Å²) in [5.41, 5.74) is 1.10. The maximum atomic E-state index is 10.8. The van der Waals surface area contributed by atoms with E-state index in [1.54, 1.807) is 12.1 Å². The number of halogens is 1. The van der Waals surface area contributed by atoms with Crippen LogP contribution in [0.25, 0.3) is 0 Å². The zero-order chi connectivity index (χ0) is 15.4. The standard InChI is InChI=1S/C14H17IN2O4/c15-12-8-11(17(20)21)4-5-13(12)16-7-1-2-10(9-16)3-6-14(18)19/h4-5,8,10H,1-3,6-7,9H2,(H,18,19). The highest BCUT2D eigenvalue weighted by Gasteiger charge is 2.22. The molecule has 0 bridgehead atoms. The van der Waals surface area contributed by atoms with Gasteiger partial charge in [-0.15, -0.1) is 0 Å². The second-order valence-electron chi connectivity index (χ2n) is 5.28. The SMILES string of the molecule is O=C(O)CCC1CCCN(c2ccc([N+](=O)[O-])cc2I)C1. The van der Waals surface area contributed by atoms with Crippen LogP contribution < -0.4 is 4.90 Å². The van der Waals surface area contributed by atoms with Gasteiger partial charge in [0.2, 0.25) is 0 Å². The second-order valence-corrected chi connectivity index (χ2v) is 6.44. The molecule has 0 aromatic heterocycles. The van der Waals surface area contributed by atoms with Gasteiger partial charge in [-0.25, -0.2) is 0 Å². The van der Waals surface area contributed by atoms with Crippen molar-refractivity contribution in [1.29, 1.82) is 0 Å². The number of benzene rings is 1. The van der Waals surface area contributed by atoms with Crippen molar-refractivity contribution >= 4 is 39.9 Å². The third kappa shape index (κ3) is 4.29. The first-order valence-electron chi connectivity index (χ1n) is 6.88. The molecule has 0 spiro atoms. The molecule has 0 saturated carbocycles. The molecule has 0 radical (unpaired) electrons. The lowest BCUT2D eigenvalue weighted by Gasteiger charge is -2.34. The lowest BCUT2D eigenvalue weighted by Crippen LogP contribution is -2.36. The average Bonchev–Trinajstić information content (AvgIpc) is 2.45. The Balaban J connectivity index is 2.07. The van der Waals surface area contributed by atoms with Gasteiger partial charge in [0, 0.05) is 35.2 Å². The third-order valence-corrected chi connectivity index (χ3v) is 4.63. The summed E-state index contributed by atoms with van der Waals surface area (Å²) >= 11 is 2.12. The highest BCUT2D eigenvalue weighted by Crippen LogP contribution is 2.31. The summed E-state index contributed by atoms with van der Waals surface area (Å²) in [6.45, 7) is 1.73. The summed E-state index contributed by atoms with van der Waals surface area (Å²) in [6.07, 6.45) is 2.97. The second kappa shape index (κ2) is 7.06. The van der Waals surface area contributed by atoms with E-state index < -0.39 is 10.9 Å². The molecular weight excluding hydrogens is 387 g/mol. The van der Waals surface area contributed by atoms with E-state index in [4.69, 9.17) is 5.11 Å². The van der Waals surface area contributed by atoms with Crippen LogP contribution in [-0.4, -0.2) is 29.1 Å². The number of carboxylic acids is 1. The van der Waals surface area contributed by atoms with Crippen LogP contribution in [0.15, 0.2) is 18.2 Å². The predicted molar refractivity (Wildman–Crippen MR) is 87.6 cm³/mol. The number of nitrogens with zero attached hydrogens (tertiary/aromatic N) is 2. The Hall–Kier alpha value is -1.38. The van der Waals surface area contributed by atoms with Crippen molar-refractivity contribution in [3.05, 3.63) is 31.9 Å². The Bertz CT molecular complexity index is 550. The van der Waals surface area contributed by atoms with Gasteiger partial charge in [0.15, 0.2) is 0 Å². The van der Waals surface area contributed by atoms with E-state index in [1.165, 1.54) is 6.07 Å². The van der Waals surface area contributed by atoms with Crippen LogP contribution >= 0.6 is 22.6 Å². The molecule has 114 valence electrons. The summed E-state index contributed by atoms with van der Waals surface area (Å²) in [5, 5.41) is 19.5. The van der Waals surface area contributed by atoms with Gasteiger partial charge in [-0.2, -0.15) is 0 Å². The molecule has 1 aliphatic heterocycles. The maximum Gasteiger partial charge on any atom is 0.303 e. The first kappa shape index (κ1) is 16.0. The van der Waals surface area contributed by atoms with Gasteiger partial charge in [0.25, 0.3) is 5.69 Å². The summed E-state index contributed by atoms with van der Waals surface area (Å²) < 4.78 is 0.862. The molecule has 1 aliphatic rings. The van der Waals surface area contributed by atoms with Crippen LogP contribution in [0.4, 0.5) is 11.4 Å². The molecule has 1 N–H and O–H groups in total. The number of nitro benzene ring substituents is 1. The highest BCUT2D eigenvalue weighted by atomic mass is 127. The molecular formula is C14H17IN2O4. The molecule has 0 amide bonds. The van der Waals surface area contributed by atoms with Gasteiger partial charge in [-0.3, -0.25) is 14.9 Å². The van der Waals surface area contributed by atoms with E-state index in [1.807, 2.05) is 0 Å². The molecule has 1 aromatic carbocycles. The topological polar surface area (TPSA) is 83.7 Å². The zero-order valence-corrected chi connectivity index (χ0v) is 13.7. The van der Waals surface area contributed by atoms with Crippen molar-refractivity contribution < 1.29 is 14.8 Å². The summed E-state index contributed by atoms with van der Waals surface area (Å²) in [7, 11) is 0. The Morgan fingerprint density at radius 3 is 2.90 bits per heavy atom. The molecule has 1 atom stereocenters. The van der Waals surface area contributed by atoms with Crippen molar-refractivity contribution in [3.8, 4) is 0 Å². The number of hydrogen-bond acceptors (Lipinski definition) is 4. The van der Waals surface area contributed by atoms with Crippen molar-refractivity contribution in [2.24, 2.45) is 5.92 Å². The fourth-order valence-electron chi connectivity index (χ4n) is 2.71. The quantitative estimate of drug-likeness (QED) is 0.463. The largest absolute Gasteiger partial charge is 0.481 e. The van der Waals surface area contributed by atoms with E-state index in [0.29, 0.717) is 12.3 Å². The van der Waals surface area contributed by atoms with Crippen molar-refractivity contribution in [2.45, 2.75) is 25.7 Å². The normalized spacial score (nSPS) is 18.5. The van der Waals surface area contributed by atoms with Crippen LogP contribution in [0.5, 0.6) is 0 Å². The van der Waals surface area contributed by atoms with Crippen LogP contribution in [0, 0.1) is 19.6 Å². The monoisotopic (exact) mass is 404 g/mol. The molecule has 1 fully saturated rings. The van der Waals surface area contributed by atoms with E-state index in [9.17, 15) is 14.9 Å². The lowest BCUT2D eigenvalue weighted by molar-refractivity contribution is -0.384. The number of hydrogen-bond donors (Lipinski definition) is 1. The molecule has 1 heterocycles. The number of nitro groups is 1. The molecule has 1 aromatic rings. The van der Waals surface area contributed by atoms with Gasteiger partial charge in [-0.1, -0.05) is 0 Å². The maximum absolute atomic E-state index is 10.8. The third-order valence-electron chi connectivity index (χ3n) is 3.77. The lowest BCUT2D eigenvalue weighted by atomic mass is 9.93. The molecule has 1 unspecified atom stereocenters. The Morgan fingerprint density at radius 1 is 1.52 bits per heavy atom. The first-order chi connectivity index (χ1) is 9.97. The number of piperidine rings is 1. The molecule has 7 heteroatoms. The number of rotatable bonds is 5. The molecule has 6 nitrogen and oxygen atoms in total. The Kier molecular flexibility index (Phi) is 5.38. The van der Waals surface area contributed by atoms with Crippen molar-refractivity contribution in [3.63, 3.8) is 0 Å². The van der Waals surface area contributed by atoms with Gasteiger partial charge in [-0.05, 0) is 53.8 Å². The average molecular weight is 404 g/mol. The number of anilines is 1. The highest BCUT2D eigenvalue weighted by molar-refractivity contribution is 14.1. The van der Waals surface area contributed by atoms with Crippen LogP contribution in [-0.2, 0) is 4.79 Å². The van der Waals surface area contributed by atoms with Gasteiger partial charge >= 0.3 is 5.97 Å². The van der Waals surface area contributed by atoms with Gasteiger partial charge < -0.3 is 10.0 Å². The molecule has 21 heavy (non-hydrogen) atoms. The Labute approximate surface area is 136 Å². The number of non-ortho nitro benzene ring substituents is 1. The van der Waals surface area contributed by atoms with E-state index in [2.05, 4.69) is 27.5 Å². The van der Waals surface area contributed by atoms with Crippen molar-refractivity contribution in [2.75, 3.05) is 18.0 Å². The fourth-order valence-corrected chi connectivity index (χ4v) is 3.55. The molecule has 1 saturated heterocycles. The van der Waals surface area contributed by atoms with Crippen molar-refractivity contribution in [1.82, 2.24) is 0 Å². The molecule has 2 rings (SSSR count). The smallest absolute Gasteiger partial charge is 0.303 e. The fraction of sp³-hybridized carbons (Fsp3) is 0.500. The van der Waals surface area contributed by atoms with E-state index in [0.717, 1.165) is 35.2 Å². The zero-order valence-electron chi connectivity index (χ0n) is 11.5. The minimum atomic E-state index is -0.753. The molecule has 0 aliphatic carbocycles. The summed E-state index contributed by atoms with van der Waals surface area (Å²) in [4.78, 5) is 23.3. The minimum absolute atomic E-state index is 0.0996. The minimum Gasteiger partial charge on any atom is -0.481 e. The van der Waals surface area contributed by atoms with Crippen LogP contribution in [0.3, 0.4) is 0 Å². The van der Waals surface area contributed by atoms with E-state index in [-0.39, 0.29) is 12.1 Å². The first-order valence-corrected chi connectivity index (χ1v) is 7.96. The van der Waals surface area contributed by atoms with Crippen LogP contribution in [0.2, 0.25) is 0 Å². The Morgan fingerprint density at radius 2 is 2.29 bits per heavy atom. The summed E-state index contributed by atoms with van der Waals surface area (Å²) in [5.74, 6) is -0.377.